The lowest BCUT2D eigenvalue weighted by Gasteiger charge is -2.37. The maximum atomic E-state index is 11.8. The minimum Gasteiger partial charge on any atom is -0.467 e. The second-order valence-corrected chi connectivity index (χ2v) is 6.18. The van der Waals surface area contributed by atoms with Crippen LogP contribution in [0.1, 0.15) is 6.92 Å². The molecule has 1 aromatic carbocycles. The number of carbonyl (C=O) groups is 1. The number of hydrogen-bond acceptors (Lipinski definition) is 5. The predicted molar refractivity (Wildman–Crippen MR) is 88.0 cm³/mol. The van der Waals surface area contributed by atoms with E-state index in [0.29, 0.717) is 6.54 Å². The molecule has 3 rings (SSSR count). The van der Waals surface area contributed by atoms with Crippen LogP contribution in [0.15, 0.2) is 34.9 Å². The number of aromatic nitrogens is 1. The van der Waals surface area contributed by atoms with E-state index in [-0.39, 0.29) is 12.1 Å². The predicted octanol–water partition coefficient (Wildman–Crippen LogP) is 2.76. The van der Waals surface area contributed by atoms with Crippen molar-refractivity contribution >= 4 is 38.5 Å². The number of ether oxygens (including phenoxy) is 2. The molecule has 2 heterocycles. The molecule has 2 aromatic rings. The lowest BCUT2D eigenvalue weighted by molar-refractivity contribution is -0.158. The molecule has 22 heavy (non-hydrogen) atoms. The van der Waals surface area contributed by atoms with Gasteiger partial charge in [0.2, 0.25) is 0 Å². The van der Waals surface area contributed by atoms with Gasteiger partial charge in [0.15, 0.2) is 6.10 Å². The topological polar surface area (TPSA) is 51.7 Å². The molecule has 1 aliphatic heterocycles. The Labute approximate surface area is 137 Å². The molecule has 0 amide bonds. The second kappa shape index (κ2) is 6.22. The zero-order valence-corrected chi connectivity index (χ0v) is 14.0. The number of morpholine rings is 1. The summed E-state index contributed by atoms with van der Waals surface area (Å²) in [6.45, 7) is 3.16. The average Bonchev–Trinajstić information content (AvgIpc) is 2.54. The van der Waals surface area contributed by atoms with Crippen molar-refractivity contribution in [1.29, 1.82) is 0 Å². The van der Waals surface area contributed by atoms with E-state index >= 15 is 0 Å². The van der Waals surface area contributed by atoms with Crippen molar-refractivity contribution in [2.75, 3.05) is 25.1 Å². The summed E-state index contributed by atoms with van der Waals surface area (Å²) >= 11 is 3.53. The first-order valence-electron chi connectivity index (χ1n) is 7.11. The first kappa shape index (κ1) is 15.2. The fraction of sp³-hybridized carbons (Fsp3) is 0.375. The standard InChI is InChI=1S/C16H17BrN2O3/c1-10-8-19(9-14(22-10)16(20)21-2)13-6-5-12(17)15-11(13)4-3-7-18-15/h3-7,10,14H,8-9H2,1-2H3/t10-,14-/m1/s1. The third-order valence-electron chi connectivity index (χ3n) is 3.76. The molecule has 116 valence electrons. The van der Waals surface area contributed by atoms with Crippen LogP contribution in [0, 0.1) is 0 Å². The van der Waals surface area contributed by atoms with E-state index in [1.165, 1.54) is 7.11 Å². The van der Waals surface area contributed by atoms with Gasteiger partial charge in [-0.05, 0) is 47.1 Å². The highest BCUT2D eigenvalue weighted by Gasteiger charge is 2.31. The van der Waals surface area contributed by atoms with Crippen LogP contribution < -0.4 is 4.90 Å². The quantitative estimate of drug-likeness (QED) is 0.766. The molecule has 5 nitrogen and oxygen atoms in total. The van der Waals surface area contributed by atoms with Gasteiger partial charge in [0.05, 0.1) is 25.3 Å². The molecule has 0 bridgehead atoms. The fourth-order valence-corrected chi connectivity index (χ4v) is 3.26. The third kappa shape index (κ3) is 2.80. The molecule has 0 N–H and O–H groups in total. The van der Waals surface area contributed by atoms with Crippen molar-refractivity contribution in [3.05, 3.63) is 34.9 Å². The molecule has 0 radical (unpaired) electrons. The lowest BCUT2D eigenvalue weighted by Crippen LogP contribution is -2.50. The number of benzene rings is 1. The molecular formula is C16H17BrN2O3. The van der Waals surface area contributed by atoms with E-state index in [0.717, 1.165) is 27.6 Å². The summed E-state index contributed by atoms with van der Waals surface area (Å²) in [7, 11) is 1.38. The summed E-state index contributed by atoms with van der Waals surface area (Å²) in [6, 6.07) is 7.98. The molecular weight excluding hydrogens is 348 g/mol. The molecule has 6 heteroatoms. The van der Waals surface area contributed by atoms with E-state index in [4.69, 9.17) is 9.47 Å². The van der Waals surface area contributed by atoms with Gasteiger partial charge in [-0.1, -0.05) is 0 Å². The SMILES string of the molecule is COC(=O)[C@H]1CN(c2ccc(Br)c3ncccc23)C[C@@H](C)O1. The molecule has 0 aliphatic carbocycles. The monoisotopic (exact) mass is 364 g/mol. The number of methoxy groups -OCH3 is 1. The smallest absolute Gasteiger partial charge is 0.336 e. The van der Waals surface area contributed by atoms with E-state index in [1.807, 2.05) is 31.2 Å². The number of nitrogens with zero attached hydrogens (tertiary/aromatic N) is 2. The maximum absolute atomic E-state index is 11.8. The summed E-state index contributed by atoms with van der Waals surface area (Å²) in [5, 5.41) is 1.05. The maximum Gasteiger partial charge on any atom is 0.336 e. The Bertz CT molecular complexity index is 707. The van der Waals surface area contributed by atoms with Crippen LogP contribution in [0.2, 0.25) is 0 Å². The Morgan fingerprint density at radius 1 is 1.41 bits per heavy atom. The summed E-state index contributed by atoms with van der Waals surface area (Å²) in [5.74, 6) is -0.337. The minimum atomic E-state index is -0.566. The largest absolute Gasteiger partial charge is 0.467 e. The Kier molecular flexibility index (Phi) is 4.31. The summed E-state index contributed by atoms with van der Waals surface area (Å²) in [4.78, 5) is 18.4. The normalized spacial score (nSPS) is 21.9. The van der Waals surface area contributed by atoms with Crippen LogP contribution in [-0.4, -0.2) is 43.4 Å². The third-order valence-corrected chi connectivity index (χ3v) is 4.40. The van der Waals surface area contributed by atoms with Crippen molar-refractivity contribution in [2.45, 2.75) is 19.1 Å². The van der Waals surface area contributed by atoms with Crippen LogP contribution in [0.25, 0.3) is 10.9 Å². The van der Waals surface area contributed by atoms with Gasteiger partial charge in [-0.15, -0.1) is 0 Å². The number of hydrogen-bond donors (Lipinski definition) is 0. The van der Waals surface area contributed by atoms with Gasteiger partial charge >= 0.3 is 5.97 Å². The number of anilines is 1. The number of rotatable bonds is 2. The lowest BCUT2D eigenvalue weighted by atomic mass is 10.1. The molecule has 1 saturated heterocycles. The Morgan fingerprint density at radius 2 is 2.23 bits per heavy atom. The number of halogens is 1. The summed E-state index contributed by atoms with van der Waals surface area (Å²) in [6.07, 6.45) is 1.16. The van der Waals surface area contributed by atoms with Crippen molar-refractivity contribution in [3.63, 3.8) is 0 Å². The molecule has 1 fully saturated rings. The fourth-order valence-electron chi connectivity index (χ4n) is 2.81. The number of pyridine rings is 1. The Hall–Kier alpha value is -1.66. The van der Waals surface area contributed by atoms with Crippen LogP contribution in [-0.2, 0) is 14.3 Å². The van der Waals surface area contributed by atoms with Crippen LogP contribution in [0.5, 0.6) is 0 Å². The number of esters is 1. The van der Waals surface area contributed by atoms with Gasteiger partial charge in [-0.2, -0.15) is 0 Å². The average molecular weight is 365 g/mol. The number of carbonyl (C=O) groups excluding carboxylic acids is 1. The molecule has 1 aliphatic rings. The number of fused-ring (bicyclic) bond motifs is 1. The minimum absolute atomic E-state index is 0.0479. The summed E-state index contributed by atoms with van der Waals surface area (Å²) in [5.41, 5.74) is 1.96. The van der Waals surface area contributed by atoms with Crippen LogP contribution in [0.4, 0.5) is 5.69 Å². The highest BCUT2D eigenvalue weighted by atomic mass is 79.9. The highest BCUT2D eigenvalue weighted by molar-refractivity contribution is 9.10. The first-order chi connectivity index (χ1) is 10.6. The molecule has 2 atom stereocenters. The zero-order valence-electron chi connectivity index (χ0n) is 12.5. The van der Waals surface area contributed by atoms with E-state index in [9.17, 15) is 4.79 Å². The van der Waals surface area contributed by atoms with Gasteiger partial charge in [-0.3, -0.25) is 4.98 Å². The van der Waals surface area contributed by atoms with Crippen LogP contribution >= 0.6 is 15.9 Å². The molecule has 1 aromatic heterocycles. The van der Waals surface area contributed by atoms with Gasteiger partial charge in [0.25, 0.3) is 0 Å². The van der Waals surface area contributed by atoms with Crippen LogP contribution in [0.3, 0.4) is 0 Å². The van der Waals surface area contributed by atoms with Gasteiger partial charge < -0.3 is 14.4 Å². The Balaban J connectivity index is 2.00. The molecule has 0 saturated carbocycles. The van der Waals surface area contributed by atoms with Crippen molar-refractivity contribution in [3.8, 4) is 0 Å². The first-order valence-corrected chi connectivity index (χ1v) is 7.91. The molecule has 0 spiro atoms. The Morgan fingerprint density at radius 3 is 3.00 bits per heavy atom. The zero-order chi connectivity index (χ0) is 15.7. The van der Waals surface area contributed by atoms with Crippen molar-refractivity contribution in [1.82, 2.24) is 4.98 Å². The van der Waals surface area contributed by atoms with E-state index in [2.05, 4.69) is 25.8 Å². The van der Waals surface area contributed by atoms with Crippen molar-refractivity contribution < 1.29 is 14.3 Å². The van der Waals surface area contributed by atoms with E-state index in [1.54, 1.807) is 6.20 Å². The van der Waals surface area contributed by atoms with Gasteiger partial charge in [0, 0.05) is 28.3 Å². The summed E-state index contributed by atoms with van der Waals surface area (Å²) < 4.78 is 11.5. The highest BCUT2D eigenvalue weighted by Crippen LogP contribution is 2.32. The van der Waals surface area contributed by atoms with E-state index < -0.39 is 6.10 Å². The van der Waals surface area contributed by atoms with Gasteiger partial charge in [-0.25, -0.2) is 4.79 Å². The molecule has 0 unspecified atom stereocenters. The second-order valence-electron chi connectivity index (χ2n) is 5.33. The van der Waals surface area contributed by atoms with Crippen molar-refractivity contribution in [2.24, 2.45) is 0 Å². The van der Waals surface area contributed by atoms with Gasteiger partial charge in [0.1, 0.15) is 0 Å².